The van der Waals surface area contributed by atoms with Gasteiger partial charge in [0.2, 0.25) is 0 Å². The molecule has 1 aliphatic rings. The number of likely N-dealkylation sites (N-methyl/N-ethyl adjacent to an activating group) is 1. The Hall–Kier alpha value is -2.18. The molecule has 0 saturated heterocycles. The molecule has 0 aliphatic carbocycles. The Kier molecular flexibility index (Phi) is 4.31. The molecule has 1 aliphatic heterocycles. The standard InChI is InChI=1S/C19H22N4OS/c1-22-8-7-15-16(11-22)25-19-17(15)18(20)23(12-21-19)9-6-13-4-3-5-14(10-13)24-2/h3-5,10,12,20H,6-9,11H2,1-2H3. The third-order valence-electron chi connectivity index (χ3n) is 4.84. The number of nitrogens with zero attached hydrogens (tertiary/aromatic N) is 3. The van der Waals surface area contributed by atoms with E-state index in [4.69, 9.17) is 10.1 Å². The lowest BCUT2D eigenvalue weighted by molar-refractivity contribution is 0.318. The summed E-state index contributed by atoms with van der Waals surface area (Å²) in [7, 11) is 3.83. The molecular weight excluding hydrogens is 332 g/mol. The predicted octanol–water partition coefficient (Wildman–Crippen LogP) is 2.82. The van der Waals surface area contributed by atoms with Crippen molar-refractivity contribution in [3.8, 4) is 5.75 Å². The van der Waals surface area contributed by atoms with Crippen molar-refractivity contribution in [3.05, 3.63) is 52.1 Å². The van der Waals surface area contributed by atoms with Crippen LogP contribution in [-0.2, 0) is 25.9 Å². The Labute approximate surface area is 151 Å². The number of rotatable bonds is 4. The van der Waals surface area contributed by atoms with E-state index in [0.717, 1.165) is 48.4 Å². The SMILES string of the molecule is COc1cccc(CCn2cnc3sc4c(c3c2=N)CCN(C)C4)c1. The van der Waals surface area contributed by atoms with Crippen molar-refractivity contribution in [1.29, 1.82) is 5.41 Å². The topological polar surface area (TPSA) is 54.1 Å². The van der Waals surface area contributed by atoms with Crippen LogP contribution in [-0.4, -0.2) is 35.2 Å². The van der Waals surface area contributed by atoms with Crippen LogP contribution in [0.5, 0.6) is 5.75 Å². The lowest BCUT2D eigenvalue weighted by atomic mass is 10.1. The molecule has 0 unspecified atom stereocenters. The first kappa shape index (κ1) is 16.3. The van der Waals surface area contributed by atoms with E-state index in [2.05, 4.69) is 29.1 Å². The maximum Gasteiger partial charge on any atom is 0.136 e. The molecule has 0 radical (unpaired) electrons. The summed E-state index contributed by atoms with van der Waals surface area (Å²) in [5.41, 5.74) is 3.14. The Bertz CT molecular complexity index is 975. The molecule has 1 aromatic carbocycles. The molecule has 2 aromatic heterocycles. The number of nitrogens with one attached hydrogen (secondary N) is 1. The summed E-state index contributed by atoms with van der Waals surface area (Å²) in [6, 6.07) is 8.11. The van der Waals surface area contributed by atoms with Crippen molar-refractivity contribution in [3.63, 3.8) is 0 Å². The van der Waals surface area contributed by atoms with Crippen LogP contribution in [0.1, 0.15) is 16.0 Å². The van der Waals surface area contributed by atoms with Gasteiger partial charge in [-0.3, -0.25) is 5.41 Å². The molecule has 3 aromatic rings. The quantitative estimate of drug-likeness (QED) is 0.784. The number of methoxy groups -OCH3 is 1. The van der Waals surface area contributed by atoms with Crippen LogP contribution in [0.3, 0.4) is 0 Å². The van der Waals surface area contributed by atoms with Crippen molar-refractivity contribution in [1.82, 2.24) is 14.5 Å². The molecule has 0 amide bonds. The van der Waals surface area contributed by atoms with Gasteiger partial charge in [0.15, 0.2) is 0 Å². The monoisotopic (exact) mass is 354 g/mol. The summed E-state index contributed by atoms with van der Waals surface area (Å²) in [5, 5.41) is 9.74. The highest BCUT2D eigenvalue weighted by atomic mass is 32.1. The zero-order valence-corrected chi connectivity index (χ0v) is 15.4. The number of thiophene rings is 1. The largest absolute Gasteiger partial charge is 0.497 e. The highest BCUT2D eigenvalue weighted by Gasteiger charge is 2.21. The van der Waals surface area contributed by atoms with Gasteiger partial charge in [-0.25, -0.2) is 4.98 Å². The zero-order valence-electron chi connectivity index (χ0n) is 14.6. The van der Waals surface area contributed by atoms with E-state index < -0.39 is 0 Å². The lowest BCUT2D eigenvalue weighted by Crippen LogP contribution is -2.27. The molecule has 0 atom stereocenters. The molecule has 6 heteroatoms. The maximum absolute atomic E-state index is 8.68. The second-order valence-corrected chi connectivity index (χ2v) is 7.64. The van der Waals surface area contributed by atoms with Gasteiger partial charge in [0, 0.05) is 24.5 Å². The minimum atomic E-state index is 0.593. The van der Waals surface area contributed by atoms with Gasteiger partial charge in [0.25, 0.3) is 0 Å². The van der Waals surface area contributed by atoms with Crippen LogP contribution in [0.25, 0.3) is 10.2 Å². The van der Waals surface area contributed by atoms with Gasteiger partial charge in [0.1, 0.15) is 16.1 Å². The molecule has 5 nitrogen and oxygen atoms in total. The fraction of sp³-hybridized carbons (Fsp3) is 0.368. The minimum Gasteiger partial charge on any atom is -0.497 e. The number of fused-ring (bicyclic) bond motifs is 3. The summed E-state index contributed by atoms with van der Waals surface area (Å²) >= 11 is 1.74. The number of aryl methyl sites for hydroxylation is 2. The highest BCUT2D eigenvalue weighted by Crippen LogP contribution is 2.31. The molecule has 130 valence electrons. The molecule has 0 saturated carbocycles. The van der Waals surface area contributed by atoms with Gasteiger partial charge in [-0.1, -0.05) is 12.1 Å². The lowest BCUT2D eigenvalue weighted by Gasteiger charge is -2.22. The first-order valence-corrected chi connectivity index (χ1v) is 9.33. The Morgan fingerprint density at radius 3 is 3.08 bits per heavy atom. The average molecular weight is 354 g/mol. The number of ether oxygens (including phenoxy) is 1. The zero-order chi connectivity index (χ0) is 17.4. The third kappa shape index (κ3) is 3.07. The Morgan fingerprint density at radius 2 is 2.24 bits per heavy atom. The van der Waals surface area contributed by atoms with Gasteiger partial charge < -0.3 is 14.2 Å². The van der Waals surface area contributed by atoms with Gasteiger partial charge >= 0.3 is 0 Å². The van der Waals surface area contributed by atoms with Crippen LogP contribution < -0.4 is 10.2 Å². The smallest absolute Gasteiger partial charge is 0.136 e. The second-order valence-electron chi connectivity index (χ2n) is 6.56. The van der Waals surface area contributed by atoms with E-state index in [-0.39, 0.29) is 0 Å². The van der Waals surface area contributed by atoms with E-state index in [1.807, 2.05) is 23.0 Å². The van der Waals surface area contributed by atoms with E-state index in [1.165, 1.54) is 16.0 Å². The minimum absolute atomic E-state index is 0.593. The van der Waals surface area contributed by atoms with Crippen LogP contribution in [0, 0.1) is 5.41 Å². The first-order chi connectivity index (χ1) is 12.2. The van der Waals surface area contributed by atoms with Gasteiger partial charge in [-0.2, -0.15) is 0 Å². The molecule has 3 heterocycles. The fourth-order valence-corrected chi connectivity index (χ4v) is 4.69. The van der Waals surface area contributed by atoms with E-state index in [9.17, 15) is 0 Å². The summed E-state index contributed by atoms with van der Waals surface area (Å²) in [4.78, 5) is 9.34. The number of benzene rings is 1. The van der Waals surface area contributed by atoms with Crippen molar-refractivity contribution >= 4 is 21.6 Å². The summed E-state index contributed by atoms with van der Waals surface area (Å²) in [5.74, 6) is 0.873. The van der Waals surface area contributed by atoms with Gasteiger partial charge in [-0.05, 0) is 43.1 Å². The Morgan fingerprint density at radius 1 is 1.36 bits per heavy atom. The van der Waals surface area contributed by atoms with Crippen LogP contribution >= 0.6 is 11.3 Å². The van der Waals surface area contributed by atoms with Crippen LogP contribution in [0.4, 0.5) is 0 Å². The molecule has 25 heavy (non-hydrogen) atoms. The van der Waals surface area contributed by atoms with E-state index in [1.54, 1.807) is 18.4 Å². The van der Waals surface area contributed by atoms with Crippen molar-refractivity contribution in [2.75, 3.05) is 20.7 Å². The average Bonchev–Trinajstić information content (AvgIpc) is 2.99. The maximum atomic E-state index is 8.68. The normalized spacial score (nSPS) is 14.6. The second kappa shape index (κ2) is 6.61. The number of hydrogen-bond acceptors (Lipinski definition) is 5. The van der Waals surface area contributed by atoms with Gasteiger partial charge in [-0.15, -0.1) is 11.3 Å². The molecule has 0 fully saturated rings. The van der Waals surface area contributed by atoms with Crippen molar-refractivity contribution in [2.24, 2.45) is 0 Å². The van der Waals surface area contributed by atoms with Crippen molar-refractivity contribution in [2.45, 2.75) is 25.9 Å². The first-order valence-electron chi connectivity index (χ1n) is 8.51. The van der Waals surface area contributed by atoms with Crippen LogP contribution in [0.2, 0.25) is 0 Å². The molecule has 4 rings (SSSR count). The van der Waals surface area contributed by atoms with Gasteiger partial charge in [0.05, 0.1) is 18.8 Å². The summed E-state index contributed by atoms with van der Waals surface area (Å²) in [6.45, 7) is 2.77. The highest BCUT2D eigenvalue weighted by molar-refractivity contribution is 7.18. The van der Waals surface area contributed by atoms with E-state index >= 15 is 0 Å². The summed E-state index contributed by atoms with van der Waals surface area (Å²) < 4.78 is 7.26. The van der Waals surface area contributed by atoms with Crippen LogP contribution in [0.15, 0.2) is 30.6 Å². The predicted molar refractivity (Wildman–Crippen MR) is 100 cm³/mol. The third-order valence-corrected chi connectivity index (χ3v) is 5.97. The molecule has 0 spiro atoms. The number of aromatic nitrogens is 2. The number of hydrogen-bond donors (Lipinski definition) is 1. The molecular formula is C19H22N4OS. The summed E-state index contributed by atoms with van der Waals surface area (Å²) in [6.07, 6.45) is 3.69. The fourth-order valence-electron chi connectivity index (χ4n) is 3.42. The molecule has 1 N–H and O–H groups in total. The van der Waals surface area contributed by atoms with E-state index in [0.29, 0.717) is 5.49 Å². The Balaban J connectivity index is 1.64. The van der Waals surface area contributed by atoms with Crippen molar-refractivity contribution < 1.29 is 4.74 Å². The molecule has 0 bridgehead atoms.